The first-order valence-corrected chi connectivity index (χ1v) is 9.86. The van der Waals surface area contributed by atoms with Crippen molar-refractivity contribution in [3.05, 3.63) is 29.8 Å². The fourth-order valence-electron chi connectivity index (χ4n) is 2.20. The molecule has 1 rings (SSSR count). The smallest absolute Gasteiger partial charge is 0.306 e. The first kappa shape index (κ1) is 19.5. The minimum Gasteiger partial charge on any atom is -0.383 e. The van der Waals surface area contributed by atoms with Crippen LogP contribution in [0.3, 0.4) is 0 Å². The van der Waals surface area contributed by atoms with Crippen LogP contribution in [-0.2, 0) is 21.5 Å². The predicted octanol–water partition coefficient (Wildman–Crippen LogP) is 3.34. The van der Waals surface area contributed by atoms with Gasteiger partial charge in [0.05, 0.1) is 6.26 Å². The Hall–Kier alpha value is -1.56. The SMILES string of the molecule is CCCCC(=O)N(Cc1ccc(OS(C)(=O)=O)cc1)C(C)CC. The van der Waals surface area contributed by atoms with Gasteiger partial charge in [0, 0.05) is 19.0 Å². The molecule has 0 heterocycles. The Morgan fingerprint density at radius 1 is 1.22 bits per heavy atom. The van der Waals surface area contributed by atoms with Crippen molar-refractivity contribution in [2.75, 3.05) is 6.26 Å². The maximum atomic E-state index is 12.4. The topological polar surface area (TPSA) is 63.7 Å². The molecule has 0 aliphatic rings. The zero-order chi connectivity index (χ0) is 17.5. The number of hydrogen-bond donors (Lipinski definition) is 0. The molecular weight excluding hydrogens is 314 g/mol. The van der Waals surface area contributed by atoms with E-state index in [0.29, 0.717) is 13.0 Å². The van der Waals surface area contributed by atoms with Crippen molar-refractivity contribution in [1.82, 2.24) is 4.90 Å². The van der Waals surface area contributed by atoms with Crippen LogP contribution < -0.4 is 4.18 Å². The zero-order valence-electron chi connectivity index (χ0n) is 14.4. The van der Waals surface area contributed by atoms with Crippen molar-refractivity contribution in [2.45, 2.75) is 59.0 Å². The molecule has 5 nitrogen and oxygen atoms in total. The molecule has 0 fully saturated rings. The fourth-order valence-corrected chi connectivity index (χ4v) is 2.66. The Bertz CT molecular complexity index is 596. The molecule has 0 saturated carbocycles. The first-order valence-electron chi connectivity index (χ1n) is 8.04. The average molecular weight is 341 g/mol. The van der Waals surface area contributed by atoms with Gasteiger partial charge in [-0.05, 0) is 37.5 Å². The van der Waals surface area contributed by atoms with Crippen molar-refractivity contribution < 1.29 is 17.4 Å². The maximum Gasteiger partial charge on any atom is 0.306 e. The number of nitrogens with zero attached hydrogens (tertiary/aromatic N) is 1. The van der Waals surface area contributed by atoms with Crippen molar-refractivity contribution >= 4 is 16.0 Å². The van der Waals surface area contributed by atoms with Crippen molar-refractivity contribution in [3.8, 4) is 5.75 Å². The fraction of sp³-hybridized carbons (Fsp3) is 0.588. The first-order chi connectivity index (χ1) is 10.8. The minimum atomic E-state index is -3.52. The van der Waals surface area contributed by atoms with Gasteiger partial charge in [0.25, 0.3) is 0 Å². The summed E-state index contributed by atoms with van der Waals surface area (Å²) in [6.45, 7) is 6.71. The summed E-state index contributed by atoms with van der Waals surface area (Å²) < 4.78 is 27.0. The van der Waals surface area contributed by atoms with Crippen molar-refractivity contribution in [1.29, 1.82) is 0 Å². The zero-order valence-corrected chi connectivity index (χ0v) is 15.2. The summed E-state index contributed by atoms with van der Waals surface area (Å²) in [5.41, 5.74) is 0.955. The van der Waals surface area contributed by atoms with E-state index in [-0.39, 0.29) is 17.7 Å². The Morgan fingerprint density at radius 2 is 1.83 bits per heavy atom. The van der Waals surface area contributed by atoms with Crippen LogP contribution in [0.25, 0.3) is 0 Å². The lowest BCUT2D eigenvalue weighted by Gasteiger charge is -2.29. The summed E-state index contributed by atoms with van der Waals surface area (Å²) in [5, 5.41) is 0. The molecule has 0 radical (unpaired) electrons. The van der Waals surface area contributed by atoms with Crippen LogP contribution in [-0.4, -0.2) is 31.5 Å². The van der Waals surface area contributed by atoms with Gasteiger partial charge in [-0.2, -0.15) is 8.42 Å². The third-order valence-corrected chi connectivity index (χ3v) is 4.21. The Balaban J connectivity index is 2.81. The molecule has 0 spiro atoms. The lowest BCUT2D eigenvalue weighted by molar-refractivity contribution is -0.134. The van der Waals surface area contributed by atoms with Gasteiger partial charge in [-0.1, -0.05) is 32.4 Å². The molecule has 0 bridgehead atoms. The molecule has 6 heteroatoms. The lowest BCUT2D eigenvalue weighted by atomic mass is 10.1. The molecular formula is C17H27NO4S. The summed E-state index contributed by atoms with van der Waals surface area (Å²) >= 11 is 0. The Labute approximate surface area is 139 Å². The van der Waals surface area contributed by atoms with Gasteiger partial charge in [0.15, 0.2) is 0 Å². The molecule has 1 unspecified atom stereocenters. The summed E-state index contributed by atoms with van der Waals surface area (Å²) in [7, 11) is -3.52. The third kappa shape index (κ3) is 7.03. The molecule has 0 saturated heterocycles. The van der Waals surface area contributed by atoms with Gasteiger partial charge < -0.3 is 9.08 Å². The lowest BCUT2D eigenvalue weighted by Crippen LogP contribution is -2.37. The Morgan fingerprint density at radius 3 is 2.30 bits per heavy atom. The van der Waals surface area contributed by atoms with Gasteiger partial charge >= 0.3 is 10.1 Å². The van der Waals surface area contributed by atoms with Crippen molar-refractivity contribution in [2.24, 2.45) is 0 Å². The van der Waals surface area contributed by atoms with E-state index in [1.165, 1.54) is 0 Å². The predicted molar refractivity (Wildman–Crippen MR) is 91.7 cm³/mol. The molecule has 1 amide bonds. The summed E-state index contributed by atoms with van der Waals surface area (Å²) in [6.07, 6.45) is 4.37. The normalized spacial score (nSPS) is 12.7. The number of hydrogen-bond acceptors (Lipinski definition) is 4. The number of amides is 1. The van der Waals surface area contributed by atoms with Gasteiger partial charge in [-0.25, -0.2) is 0 Å². The second-order valence-corrected chi connectivity index (χ2v) is 7.39. The Kier molecular flexibility index (Phi) is 7.55. The van der Waals surface area contributed by atoms with E-state index in [2.05, 4.69) is 13.8 Å². The van der Waals surface area contributed by atoms with E-state index in [1.807, 2.05) is 11.8 Å². The molecule has 1 atom stereocenters. The van der Waals surface area contributed by atoms with Crippen molar-refractivity contribution in [3.63, 3.8) is 0 Å². The number of carbonyl (C=O) groups excluding carboxylic acids is 1. The highest BCUT2D eigenvalue weighted by atomic mass is 32.2. The molecule has 1 aromatic rings. The monoisotopic (exact) mass is 341 g/mol. The molecule has 0 aliphatic carbocycles. The highest BCUT2D eigenvalue weighted by molar-refractivity contribution is 7.86. The summed E-state index contributed by atoms with van der Waals surface area (Å²) in [5.74, 6) is 0.446. The maximum absolute atomic E-state index is 12.4. The van der Waals surface area contributed by atoms with Gasteiger partial charge in [0.2, 0.25) is 5.91 Å². The van der Waals surface area contributed by atoms with E-state index in [9.17, 15) is 13.2 Å². The summed E-state index contributed by atoms with van der Waals surface area (Å²) in [6, 6.07) is 6.99. The van der Waals surface area contributed by atoms with Crippen LogP contribution >= 0.6 is 0 Å². The number of benzene rings is 1. The van der Waals surface area contributed by atoms with E-state index in [4.69, 9.17) is 4.18 Å². The van der Waals surface area contributed by atoms with E-state index in [0.717, 1.165) is 31.1 Å². The standard InChI is InChI=1S/C17H27NO4S/c1-5-7-8-17(19)18(14(3)6-2)13-15-9-11-16(12-10-15)22-23(4,20)21/h9-12,14H,5-8,13H2,1-4H3. The number of unbranched alkanes of at least 4 members (excludes halogenated alkanes) is 1. The molecule has 1 aromatic carbocycles. The highest BCUT2D eigenvalue weighted by Gasteiger charge is 2.18. The van der Waals surface area contributed by atoms with Gasteiger partial charge in [-0.15, -0.1) is 0 Å². The number of rotatable bonds is 9. The van der Waals surface area contributed by atoms with Crippen LogP contribution in [0.5, 0.6) is 5.75 Å². The van der Waals surface area contributed by atoms with E-state index in [1.54, 1.807) is 24.3 Å². The largest absolute Gasteiger partial charge is 0.383 e. The van der Waals surface area contributed by atoms with Crippen LogP contribution in [0, 0.1) is 0 Å². The third-order valence-electron chi connectivity index (χ3n) is 3.71. The average Bonchev–Trinajstić information content (AvgIpc) is 2.49. The molecule has 23 heavy (non-hydrogen) atoms. The van der Waals surface area contributed by atoms with Gasteiger partial charge in [-0.3, -0.25) is 4.79 Å². The van der Waals surface area contributed by atoms with Crippen LogP contribution in [0.2, 0.25) is 0 Å². The van der Waals surface area contributed by atoms with Crippen LogP contribution in [0.15, 0.2) is 24.3 Å². The second-order valence-electron chi connectivity index (χ2n) is 5.81. The van der Waals surface area contributed by atoms with E-state index >= 15 is 0 Å². The number of carbonyl (C=O) groups is 1. The van der Waals surface area contributed by atoms with Crippen LogP contribution in [0.1, 0.15) is 52.0 Å². The molecule has 130 valence electrons. The summed E-state index contributed by atoms with van der Waals surface area (Å²) in [4.78, 5) is 14.3. The van der Waals surface area contributed by atoms with Crippen LogP contribution in [0.4, 0.5) is 0 Å². The quantitative estimate of drug-likeness (QED) is 0.646. The molecule has 0 aliphatic heterocycles. The highest BCUT2D eigenvalue weighted by Crippen LogP contribution is 2.18. The second kappa shape index (κ2) is 8.91. The molecule has 0 N–H and O–H groups in total. The molecule has 0 aromatic heterocycles. The van der Waals surface area contributed by atoms with Gasteiger partial charge in [0.1, 0.15) is 5.75 Å². The minimum absolute atomic E-state index is 0.165. The van der Waals surface area contributed by atoms with E-state index < -0.39 is 10.1 Å².